The number of methoxy groups -OCH3 is 1. The van der Waals surface area contributed by atoms with Crippen LogP contribution in [0.15, 0.2) is 18.2 Å². The van der Waals surface area contributed by atoms with Crippen LogP contribution >= 0.6 is 0 Å². The van der Waals surface area contributed by atoms with Crippen LogP contribution in [0.1, 0.15) is 29.8 Å². The average Bonchev–Trinajstić information content (AvgIpc) is 2.86. The SMILES string of the molecule is COC(=O)c1cc(C)cc(B2OCC(C)(C)O2)c1.COOC. The Kier molecular flexibility index (Phi) is 7.02. The first-order valence-corrected chi connectivity index (χ1v) is 6.89. The molecule has 0 unspecified atom stereocenters. The lowest BCUT2D eigenvalue weighted by molar-refractivity contribution is -0.248. The predicted molar refractivity (Wildman–Crippen MR) is 83.0 cm³/mol. The van der Waals surface area contributed by atoms with Crippen molar-refractivity contribution in [3.63, 3.8) is 0 Å². The van der Waals surface area contributed by atoms with Crippen molar-refractivity contribution >= 4 is 18.6 Å². The highest BCUT2D eigenvalue weighted by molar-refractivity contribution is 6.62. The van der Waals surface area contributed by atoms with Crippen molar-refractivity contribution in [1.29, 1.82) is 0 Å². The largest absolute Gasteiger partial charge is 0.494 e. The highest BCUT2D eigenvalue weighted by Crippen LogP contribution is 2.20. The Labute approximate surface area is 131 Å². The molecule has 6 nitrogen and oxygen atoms in total. The van der Waals surface area contributed by atoms with Gasteiger partial charge < -0.3 is 14.0 Å². The van der Waals surface area contributed by atoms with Gasteiger partial charge in [0.05, 0.1) is 39.1 Å². The molecule has 7 heteroatoms. The van der Waals surface area contributed by atoms with Crippen LogP contribution in [0.2, 0.25) is 0 Å². The first kappa shape index (κ1) is 18.6. The molecule has 2 rings (SSSR count). The van der Waals surface area contributed by atoms with E-state index in [0.29, 0.717) is 12.2 Å². The molecule has 1 fully saturated rings. The summed E-state index contributed by atoms with van der Waals surface area (Å²) in [7, 11) is 3.87. The summed E-state index contributed by atoms with van der Waals surface area (Å²) in [6, 6.07) is 5.50. The molecule has 122 valence electrons. The second kappa shape index (κ2) is 8.29. The molecule has 0 bridgehead atoms. The third-order valence-corrected chi connectivity index (χ3v) is 2.97. The molecule has 0 aromatic heterocycles. The maximum atomic E-state index is 11.6. The van der Waals surface area contributed by atoms with E-state index in [4.69, 9.17) is 14.0 Å². The van der Waals surface area contributed by atoms with E-state index in [9.17, 15) is 4.79 Å². The summed E-state index contributed by atoms with van der Waals surface area (Å²) in [5, 5.41) is 0. The fourth-order valence-electron chi connectivity index (χ4n) is 1.98. The summed E-state index contributed by atoms with van der Waals surface area (Å²) in [5.74, 6) is -0.350. The van der Waals surface area contributed by atoms with E-state index in [-0.39, 0.29) is 11.6 Å². The zero-order chi connectivity index (χ0) is 16.8. The van der Waals surface area contributed by atoms with Gasteiger partial charge in [0.25, 0.3) is 0 Å². The molecule has 0 N–H and O–H groups in total. The van der Waals surface area contributed by atoms with E-state index in [1.165, 1.54) is 21.3 Å². The van der Waals surface area contributed by atoms with Gasteiger partial charge in [0.1, 0.15) is 0 Å². The van der Waals surface area contributed by atoms with Crippen LogP contribution in [0.4, 0.5) is 0 Å². The van der Waals surface area contributed by atoms with E-state index in [1.54, 1.807) is 12.1 Å². The van der Waals surface area contributed by atoms with E-state index in [0.717, 1.165) is 11.0 Å². The number of benzene rings is 1. The highest BCUT2D eigenvalue weighted by Gasteiger charge is 2.38. The third kappa shape index (κ3) is 5.42. The molecule has 1 saturated heterocycles. The van der Waals surface area contributed by atoms with Gasteiger partial charge in [0, 0.05) is 0 Å². The molecule has 0 aliphatic carbocycles. The van der Waals surface area contributed by atoms with Gasteiger partial charge in [-0.3, -0.25) is 0 Å². The van der Waals surface area contributed by atoms with Crippen molar-refractivity contribution in [3.8, 4) is 0 Å². The van der Waals surface area contributed by atoms with Gasteiger partial charge in [-0.2, -0.15) is 0 Å². The number of aryl methyl sites for hydroxylation is 1. The Morgan fingerprint density at radius 2 is 1.82 bits per heavy atom. The maximum Gasteiger partial charge on any atom is 0.494 e. The molecule has 22 heavy (non-hydrogen) atoms. The highest BCUT2D eigenvalue weighted by atomic mass is 17.2. The zero-order valence-corrected chi connectivity index (χ0v) is 14.0. The first-order chi connectivity index (χ1) is 10.3. The van der Waals surface area contributed by atoms with Crippen LogP contribution in [-0.2, 0) is 23.8 Å². The number of hydrogen-bond donors (Lipinski definition) is 0. The molecule has 1 heterocycles. The molecule has 1 aliphatic rings. The fraction of sp³-hybridized carbons (Fsp3) is 0.533. The molecule has 1 aromatic rings. The van der Waals surface area contributed by atoms with Gasteiger partial charge in [-0.05, 0) is 38.4 Å². The molecule has 0 spiro atoms. The lowest BCUT2D eigenvalue weighted by atomic mass is 9.77. The second-order valence-corrected chi connectivity index (χ2v) is 5.48. The standard InChI is InChI=1S/C13H17BO4.C2H6O2/c1-9-5-10(12(15)16-4)7-11(6-9)14-17-8-13(2,3)18-14;1-3-4-2/h5-7H,8H2,1-4H3;1-2H3. The normalized spacial score (nSPS) is 16.0. The van der Waals surface area contributed by atoms with Crippen LogP contribution in [-0.4, -0.2) is 46.6 Å². The summed E-state index contributed by atoms with van der Waals surface area (Å²) >= 11 is 0. The average molecular weight is 310 g/mol. The Hall–Kier alpha value is -1.41. The maximum absolute atomic E-state index is 11.6. The number of esters is 1. The van der Waals surface area contributed by atoms with Crippen LogP contribution in [0.3, 0.4) is 0 Å². The van der Waals surface area contributed by atoms with Crippen LogP contribution < -0.4 is 5.46 Å². The van der Waals surface area contributed by atoms with E-state index in [2.05, 4.69) is 9.78 Å². The lowest BCUT2D eigenvalue weighted by Gasteiger charge is -2.15. The molecular formula is C15H23BO6. The number of hydrogen-bond acceptors (Lipinski definition) is 6. The Morgan fingerprint density at radius 3 is 2.27 bits per heavy atom. The molecule has 0 atom stereocenters. The minimum atomic E-state index is -0.414. The molecule has 0 amide bonds. The predicted octanol–water partition coefficient (Wildman–Crippen LogP) is 1.50. The van der Waals surface area contributed by atoms with Crippen molar-refractivity contribution in [2.24, 2.45) is 0 Å². The summed E-state index contributed by atoms with van der Waals surface area (Å²) in [4.78, 5) is 19.6. The van der Waals surface area contributed by atoms with Crippen molar-refractivity contribution in [2.75, 3.05) is 27.9 Å². The molecule has 0 radical (unpaired) electrons. The van der Waals surface area contributed by atoms with Crippen molar-refractivity contribution in [2.45, 2.75) is 26.4 Å². The van der Waals surface area contributed by atoms with Crippen LogP contribution in [0, 0.1) is 6.92 Å². The van der Waals surface area contributed by atoms with Crippen molar-refractivity contribution in [3.05, 3.63) is 29.3 Å². The van der Waals surface area contributed by atoms with Gasteiger partial charge in [-0.15, -0.1) is 0 Å². The first-order valence-electron chi connectivity index (χ1n) is 6.89. The molecule has 1 aromatic carbocycles. The second-order valence-electron chi connectivity index (χ2n) is 5.48. The quantitative estimate of drug-likeness (QED) is 0.365. The lowest BCUT2D eigenvalue weighted by Crippen LogP contribution is -2.35. The van der Waals surface area contributed by atoms with Crippen molar-refractivity contribution in [1.82, 2.24) is 0 Å². The smallest absolute Gasteiger partial charge is 0.465 e. The summed E-state index contributed by atoms with van der Waals surface area (Å²) in [5.41, 5.74) is 2.05. The van der Waals surface area contributed by atoms with Gasteiger partial charge >= 0.3 is 13.1 Å². The van der Waals surface area contributed by atoms with Gasteiger partial charge in [-0.1, -0.05) is 11.6 Å². The zero-order valence-electron chi connectivity index (χ0n) is 14.0. The molecule has 0 saturated carbocycles. The third-order valence-electron chi connectivity index (χ3n) is 2.97. The number of rotatable bonds is 3. The monoisotopic (exact) mass is 310 g/mol. The Bertz CT molecular complexity index is 501. The minimum absolute atomic E-state index is 0.292. The van der Waals surface area contributed by atoms with Crippen molar-refractivity contribution < 1.29 is 28.6 Å². The number of carbonyl (C=O) groups is 1. The van der Waals surface area contributed by atoms with E-state index in [1.807, 2.05) is 26.8 Å². The Morgan fingerprint density at radius 1 is 1.18 bits per heavy atom. The van der Waals surface area contributed by atoms with Gasteiger partial charge in [0.2, 0.25) is 0 Å². The molecule has 1 aliphatic heterocycles. The Balaban J connectivity index is 0.000000541. The van der Waals surface area contributed by atoms with Gasteiger partial charge in [-0.25, -0.2) is 14.6 Å². The number of ether oxygens (including phenoxy) is 1. The molecular weight excluding hydrogens is 287 g/mol. The summed E-state index contributed by atoms with van der Waals surface area (Å²) < 4.78 is 16.1. The summed E-state index contributed by atoms with van der Waals surface area (Å²) in [6.07, 6.45) is 0. The van der Waals surface area contributed by atoms with E-state index < -0.39 is 7.12 Å². The minimum Gasteiger partial charge on any atom is -0.465 e. The van der Waals surface area contributed by atoms with Crippen LogP contribution in [0.25, 0.3) is 0 Å². The van der Waals surface area contributed by atoms with Gasteiger partial charge in [0.15, 0.2) is 0 Å². The topological polar surface area (TPSA) is 63.2 Å². The summed E-state index contributed by atoms with van der Waals surface area (Å²) in [6.45, 7) is 6.42. The van der Waals surface area contributed by atoms with Crippen LogP contribution in [0.5, 0.6) is 0 Å². The fourth-order valence-corrected chi connectivity index (χ4v) is 1.98. The number of carbonyl (C=O) groups excluding carboxylic acids is 1. The van der Waals surface area contributed by atoms with E-state index >= 15 is 0 Å².